The molecule has 1 aliphatic carbocycles. The summed E-state index contributed by atoms with van der Waals surface area (Å²) in [7, 11) is 1.63. The average Bonchev–Trinajstić information content (AvgIpc) is 2.29. The third-order valence-corrected chi connectivity index (χ3v) is 3.42. The molecule has 0 saturated heterocycles. The Morgan fingerprint density at radius 3 is 2.62 bits per heavy atom. The Labute approximate surface area is 96.9 Å². The number of esters is 1. The van der Waals surface area contributed by atoms with Gasteiger partial charge in [0.2, 0.25) is 0 Å². The summed E-state index contributed by atoms with van der Waals surface area (Å²) >= 11 is 0. The first-order valence-electron chi connectivity index (χ1n) is 5.96. The van der Waals surface area contributed by atoms with E-state index in [1.165, 1.54) is 6.92 Å². The number of rotatable bonds is 4. The summed E-state index contributed by atoms with van der Waals surface area (Å²) in [6, 6.07) is 0. The number of aliphatic hydroxyl groups is 1. The second-order valence-electron chi connectivity index (χ2n) is 4.53. The van der Waals surface area contributed by atoms with Crippen LogP contribution in [0.1, 0.15) is 39.5 Å². The van der Waals surface area contributed by atoms with Gasteiger partial charge in [-0.05, 0) is 26.7 Å². The van der Waals surface area contributed by atoms with Gasteiger partial charge >= 0.3 is 5.97 Å². The first-order chi connectivity index (χ1) is 7.54. The van der Waals surface area contributed by atoms with Crippen molar-refractivity contribution < 1.29 is 19.4 Å². The quantitative estimate of drug-likeness (QED) is 0.744. The van der Waals surface area contributed by atoms with Crippen molar-refractivity contribution in [3.05, 3.63) is 0 Å². The van der Waals surface area contributed by atoms with Gasteiger partial charge in [0.15, 0.2) is 5.60 Å². The molecule has 0 radical (unpaired) electrons. The molecule has 1 aliphatic rings. The maximum atomic E-state index is 11.7. The lowest BCUT2D eigenvalue weighted by atomic mass is 9.76. The Morgan fingerprint density at radius 1 is 1.44 bits per heavy atom. The first-order valence-corrected chi connectivity index (χ1v) is 5.96. The molecule has 94 valence electrons. The lowest BCUT2D eigenvalue weighted by Gasteiger charge is -2.38. The van der Waals surface area contributed by atoms with E-state index in [1.54, 1.807) is 14.0 Å². The third-order valence-electron chi connectivity index (χ3n) is 3.42. The number of methoxy groups -OCH3 is 1. The largest absolute Gasteiger partial charge is 0.464 e. The van der Waals surface area contributed by atoms with Gasteiger partial charge in [-0.25, -0.2) is 4.79 Å². The summed E-state index contributed by atoms with van der Waals surface area (Å²) in [6.45, 7) is 3.56. The monoisotopic (exact) mass is 230 g/mol. The smallest absolute Gasteiger partial charge is 0.338 e. The molecule has 1 rings (SSSR count). The highest BCUT2D eigenvalue weighted by Gasteiger charge is 2.45. The molecule has 3 unspecified atom stereocenters. The number of hydrogen-bond donors (Lipinski definition) is 1. The molecule has 0 aromatic heterocycles. The molecule has 4 heteroatoms. The number of hydrogen-bond acceptors (Lipinski definition) is 4. The van der Waals surface area contributed by atoms with Crippen LogP contribution in [-0.4, -0.2) is 36.5 Å². The molecule has 0 aliphatic heterocycles. The van der Waals surface area contributed by atoms with E-state index in [4.69, 9.17) is 9.47 Å². The molecule has 0 aromatic carbocycles. The molecule has 1 saturated carbocycles. The number of carbonyl (C=O) groups excluding carboxylic acids is 1. The molecule has 3 atom stereocenters. The summed E-state index contributed by atoms with van der Waals surface area (Å²) in [6.07, 6.45) is 3.78. The zero-order valence-corrected chi connectivity index (χ0v) is 10.4. The van der Waals surface area contributed by atoms with Crippen LogP contribution in [0, 0.1) is 5.92 Å². The fraction of sp³-hybridized carbons (Fsp3) is 0.917. The Balaban J connectivity index is 2.74. The highest BCUT2D eigenvalue weighted by molar-refractivity contribution is 5.79. The Kier molecular flexibility index (Phi) is 4.74. The van der Waals surface area contributed by atoms with Crippen LogP contribution in [0.25, 0.3) is 0 Å². The van der Waals surface area contributed by atoms with Gasteiger partial charge in [0, 0.05) is 13.0 Å². The molecular weight excluding hydrogens is 208 g/mol. The molecule has 1 N–H and O–H groups in total. The van der Waals surface area contributed by atoms with Gasteiger partial charge in [-0.2, -0.15) is 0 Å². The molecule has 0 amide bonds. The van der Waals surface area contributed by atoms with Gasteiger partial charge in [-0.3, -0.25) is 0 Å². The molecule has 1 fully saturated rings. The van der Waals surface area contributed by atoms with Crippen molar-refractivity contribution in [2.45, 2.75) is 51.2 Å². The normalized spacial score (nSPS) is 29.5. The van der Waals surface area contributed by atoms with Gasteiger partial charge in [0.25, 0.3) is 0 Å². The molecule has 0 spiro atoms. The van der Waals surface area contributed by atoms with Crippen molar-refractivity contribution in [2.24, 2.45) is 5.92 Å². The number of ether oxygens (including phenoxy) is 2. The van der Waals surface area contributed by atoms with E-state index in [2.05, 4.69) is 0 Å². The number of carbonyl (C=O) groups is 1. The van der Waals surface area contributed by atoms with Crippen molar-refractivity contribution in [2.75, 3.05) is 13.7 Å². The summed E-state index contributed by atoms with van der Waals surface area (Å²) in [4.78, 5) is 11.7. The van der Waals surface area contributed by atoms with Crippen molar-refractivity contribution in [3.8, 4) is 0 Å². The van der Waals surface area contributed by atoms with Gasteiger partial charge in [0.05, 0.1) is 12.7 Å². The average molecular weight is 230 g/mol. The fourth-order valence-electron chi connectivity index (χ4n) is 2.45. The predicted octanol–water partition coefficient (Wildman–Crippen LogP) is 1.51. The summed E-state index contributed by atoms with van der Waals surface area (Å²) in [5, 5.41) is 10.3. The maximum absolute atomic E-state index is 11.7. The van der Waals surface area contributed by atoms with Crippen molar-refractivity contribution in [1.29, 1.82) is 0 Å². The van der Waals surface area contributed by atoms with E-state index < -0.39 is 11.6 Å². The topological polar surface area (TPSA) is 55.8 Å². The Hall–Kier alpha value is -0.610. The SMILES string of the molecule is CCOC(=O)C(C)(O)C1CCCCC1OC. The lowest BCUT2D eigenvalue weighted by Crippen LogP contribution is -2.50. The van der Waals surface area contributed by atoms with E-state index in [1.807, 2.05) is 0 Å². The highest BCUT2D eigenvalue weighted by atomic mass is 16.5. The van der Waals surface area contributed by atoms with Gasteiger partial charge in [-0.1, -0.05) is 12.8 Å². The molecular formula is C12H22O4. The standard InChI is InChI=1S/C12H22O4/c1-4-16-11(13)12(2,14)9-7-5-6-8-10(9)15-3/h9-10,14H,4-8H2,1-3H3. The molecule has 16 heavy (non-hydrogen) atoms. The van der Waals surface area contributed by atoms with Crippen molar-refractivity contribution in [1.82, 2.24) is 0 Å². The molecule has 0 bridgehead atoms. The van der Waals surface area contributed by atoms with Crippen LogP contribution >= 0.6 is 0 Å². The van der Waals surface area contributed by atoms with E-state index in [0.29, 0.717) is 6.61 Å². The van der Waals surface area contributed by atoms with E-state index >= 15 is 0 Å². The fourth-order valence-corrected chi connectivity index (χ4v) is 2.45. The van der Waals surface area contributed by atoms with Crippen LogP contribution in [0.5, 0.6) is 0 Å². The molecule has 0 aromatic rings. The van der Waals surface area contributed by atoms with E-state index in [0.717, 1.165) is 25.7 Å². The zero-order chi connectivity index (χ0) is 12.2. The molecule has 4 nitrogen and oxygen atoms in total. The van der Waals surface area contributed by atoms with E-state index in [-0.39, 0.29) is 12.0 Å². The minimum Gasteiger partial charge on any atom is -0.464 e. The minimum atomic E-state index is -1.43. The summed E-state index contributed by atoms with van der Waals surface area (Å²) in [5.41, 5.74) is -1.43. The van der Waals surface area contributed by atoms with Crippen LogP contribution < -0.4 is 0 Å². The van der Waals surface area contributed by atoms with Crippen LogP contribution in [-0.2, 0) is 14.3 Å². The second kappa shape index (κ2) is 5.64. The second-order valence-corrected chi connectivity index (χ2v) is 4.53. The minimum absolute atomic E-state index is 0.0480. The molecule has 0 heterocycles. The van der Waals surface area contributed by atoms with Gasteiger partial charge < -0.3 is 14.6 Å². The Morgan fingerprint density at radius 2 is 2.06 bits per heavy atom. The highest BCUT2D eigenvalue weighted by Crippen LogP contribution is 2.35. The van der Waals surface area contributed by atoms with Crippen LogP contribution in [0.15, 0.2) is 0 Å². The van der Waals surface area contributed by atoms with Crippen LogP contribution in [0.4, 0.5) is 0 Å². The van der Waals surface area contributed by atoms with Crippen LogP contribution in [0.3, 0.4) is 0 Å². The van der Waals surface area contributed by atoms with Crippen molar-refractivity contribution >= 4 is 5.97 Å². The zero-order valence-electron chi connectivity index (χ0n) is 10.4. The van der Waals surface area contributed by atoms with Crippen LogP contribution in [0.2, 0.25) is 0 Å². The maximum Gasteiger partial charge on any atom is 0.338 e. The van der Waals surface area contributed by atoms with Gasteiger partial charge in [0.1, 0.15) is 0 Å². The van der Waals surface area contributed by atoms with E-state index in [9.17, 15) is 9.90 Å². The summed E-state index contributed by atoms with van der Waals surface area (Å²) < 4.78 is 10.3. The van der Waals surface area contributed by atoms with Crippen molar-refractivity contribution in [3.63, 3.8) is 0 Å². The summed E-state index contributed by atoms with van der Waals surface area (Å²) in [5.74, 6) is -0.700. The first kappa shape index (κ1) is 13.5. The van der Waals surface area contributed by atoms with Gasteiger partial charge in [-0.15, -0.1) is 0 Å². The Bertz CT molecular complexity index is 237. The lowest BCUT2D eigenvalue weighted by molar-refractivity contribution is -0.177. The third kappa shape index (κ3) is 2.74. The predicted molar refractivity (Wildman–Crippen MR) is 60.0 cm³/mol.